The molecule has 0 aromatic heterocycles. The van der Waals surface area contributed by atoms with Crippen LogP contribution in [0.3, 0.4) is 0 Å². The van der Waals surface area contributed by atoms with Gasteiger partial charge < -0.3 is 19.9 Å². The third-order valence-corrected chi connectivity index (χ3v) is 4.60. The third kappa shape index (κ3) is 10.5. The minimum atomic E-state index is -4.51. The summed E-state index contributed by atoms with van der Waals surface area (Å²) in [5, 5.41) is 13.1. The minimum absolute atomic E-state index is 0.00242. The highest BCUT2D eigenvalue weighted by atomic mass is 35.5. The molecular weight excluding hydrogens is 459 g/mol. The number of allylic oxidation sites excluding steroid dienone is 5. The normalized spacial score (nSPS) is 12.8. The molecule has 0 bridgehead atoms. The van der Waals surface area contributed by atoms with Crippen LogP contribution >= 0.6 is 11.6 Å². The zero-order valence-electron chi connectivity index (χ0n) is 19.9. The molecule has 0 saturated carbocycles. The van der Waals surface area contributed by atoms with Crippen molar-refractivity contribution in [2.75, 3.05) is 20.3 Å². The Labute approximate surface area is 198 Å². The first-order valence-corrected chi connectivity index (χ1v) is 10.9. The zero-order valence-corrected chi connectivity index (χ0v) is 20.7. The smallest absolute Gasteiger partial charge is 0.416 e. The summed E-state index contributed by atoms with van der Waals surface area (Å²) in [6, 6.07) is 2.73. The molecule has 0 atom stereocenters. The van der Waals surface area contributed by atoms with E-state index >= 15 is 0 Å². The second-order valence-electron chi connectivity index (χ2n) is 6.58. The molecule has 9 heteroatoms. The highest BCUT2D eigenvalue weighted by Gasteiger charge is 2.33. The first-order valence-electron chi connectivity index (χ1n) is 10.6. The fourth-order valence-electron chi connectivity index (χ4n) is 2.51. The number of phenols is 1. The third-order valence-electron chi connectivity index (χ3n) is 4.38. The van der Waals surface area contributed by atoms with E-state index in [1.807, 2.05) is 13.8 Å². The molecule has 0 saturated heterocycles. The van der Waals surface area contributed by atoms with E-state index in [0.29, 0.717) is 12.2 Å². The lowest BCUT2D eigenvalue weighted by Crippen LogP contribution is -2.22. The monoisotopic (exact) mass is 491 g/mol. The molecule has 1 amide bonds. The Morgan fingerprint density at radius 1 is 1.21 bits per heavy atom. The van der Waals surface area contributed by atoms with Crippen molar-refractivity contribution in [3.8, 4) is 5.75 Å². The number of nitrogens with one attached hydrogen (secondary N) is 1. The molecule has 1 aromatic rings. The predicted molar refractivity (Wildman–Crippen MR) is 125 cm³/mol. The van der Waals surface area contributed by atoms with E-state index in [4.69, 9.17) is 21.1 Å². The van der Waals surface area contributed by atoms with Crippen molar-refractivity contribution >= 4 is 17.5 Å². The molecule has 0 fully saturated rings. The molecule has 0 unspecified atom stereocenters. The lowest BCUT2D eigenvalue weighted by atomic mass is 10.1. The van der Waals surface area contributed by atoms with Gasteiger partial charge in [0.15, 0.2) is 0 Å². The van der Waals surface area contributed by atoms with Crippen LogP contribution in [0.5, 0.6) is 5.75 Å². The largest absolute Gasteiger partial charge is 0.507 e. The number of halogens is 4. The zero-order chi connectivity index (χ0) is 25.6. The summed E-state index contributed by atoms with van der Waals surface area (Å²) >= 11 is 6.05. The molecule has 0 heterocycles. The molecule has 33 heavy (non-hydrogen) atoms. The summed E-state index contributed by atoms with van der Waals surface area (Å²) in [5.41, 5.74) is -0.289. The van der Waals surface area contributed by atoms with Gasteiger partial charge >= 0.3 is 6.18 Å². The van der Waals surface area contributed by atoms with Crippen LogP contribution in [0.25, 0.3) is 0 Å². The average Bonchev–Trinajstić information content (AvgIpc) is 2.77. The highest BCUT2D eigenvalue weighted by molar-refractivity contribution is 6.31. The molecule has 1 aromatic carbocycles. The molecular formula is C24H33ClF3NO4. The molecule has 0 radical (unpaired) electrons. The van der Waals surface area contributed by atoms with Crippen molar-refractivity contribution < 1.29 is 32.5 Å². The van der Waals surface area contributed by atoms with E-state index in [1.54, 1.807) is 13.8 Å². The van der Waals surface area contributed by atoms with Crippen molar-refractivity contribution in [1.82, 2.24) is 5.32 Å². The molecule has 0 aliphatic carbocycles. The number of ether oxygens (including phenoxy) is 2. The number of benzene rings is 1. The van der Waals surface area contributed by atoms with Gasteiger partial charge in [-0.1, -0.05) is 44.0 Å². The second-order valence-corrected chi connectivity index (χ2v) is 7.02. The summed E-state index contributed by atoms with van der Waals surface area (Å²) in [6.45, 7) is 9.24. The number of alkyl halides is 3. The molecule has 5 nitrogen and oxygen atoms in total. The van der Waals surface area contributed by atoms with Crippen LogP contribution < -0.4 is 5.32 Å². The molecule has 186 valence electrons. The minimum Gasteiger partial charge on any atom is -0.507 e. The van der Waals surface area contributed by atoms with E-state index < -0.39 is 17.7 Å². The Kier molecular flexibility index (Phi) is 14.5. The van der Waals surface area contributed by atoms with Gasteiger partial charge in [-0.3, -0.25) is 4.79 Å². The average molecular weight is 492 g/mol. The Balaban J connectivity index is 0.00000497. The van der Waals surface area contributed by atoms with Crippen molar-refractivity contribution in [3.05, 3.63) is 63.4 Å². The van der Waals surface area contributed by atoms with Crippen molar-refractivity contribution in [1.29, 1.82) is 0 Å². The van der Waals surface area contributed by atoms with Crippen LogP contribution in [0.4, 0.5) is 13.2 Å². The van der Waals surface area contributed by atoms with Crippen LogP contribution in [-0.2, 0) is 16.1 Å². The van der Waals surface area contributed by atoms with Gasteiger partial charge in [-0.15, -0.1) is 0 Å². The van der Waals surface area contributed by atoms with Gasteiger partial charge in [-0.05, 0) is 44.6 Å². The topological polar surface area (TPSA) is 67.8 Å². The number of methoxy groups -OCH3 is 1. The van der Waals surface area contributed by atoms with E-state index in [9.17, 15) is 23.1 Å². The summed E-state index contributed by atoms with van der Waals surface area (Å²) in [6.07, 6.45) is -0.748. The maximum atomic E-state index is 13.2. The van der Waals surface area contributed by atoms with Gasteiger partial charge in [0.25, 0.3) is 5.91 Å². The number of carbonyl (C=O) groups excluding carboxylic acids is 1. The van der Waals surface area contributed by atoms with Gasteiger partial charge in [0, 0.05) is 23.4 Å². The summed E-state index contributed by atoms with van der Waals surface area (Å²) in [4.78, 5) is 12.6. The van der Waals surface area contributed by atoms with Crippen molar-refractivity contribution in [2.24, 2.45) is 0 Å². The van der Waals surface area contributed by atoms with E-state index in [0.717, 1.165) is 12.2 Å². The van der Waals surface area contributed by atoms with Crippen LogP contribution in [0, 0.1) is 0 Å². The molecule has 2 N–H and O–H groups in total. The fourth-order valence-corrected chi connectivity index (χ4v) is 2.75. The Bertz CT molecular complexity index is 862. The van der Waals surface area contributed by atoms with Crippen LogP contribution in [-0.4, -0.2) is 37.5 Å². The van der Waals surface area contributed by atoms with Gasteiger partial charge in [0.1, 0.15) is 5.75 Å². The van der Waals surface area contributed by atoms with Gasteiger partial charge in [0.2, 0.25) is 0 Å². The van der Waals surface area contributed by atoms with Crippen molar-refractivity contribution in [3.63, 3.8) is 0 Å². The number of hydrogen-bond donors (Lipinski definition) is 2. The standard InChI is InChI=1S/C22H27ClF3NO4.C2H6/c1-5-14(3)19(22(24,25)26)8-7-17(6-2)27-21(29)18-12-16(23)11-15(20(18)28)13-31-10-9-30-4;1-2/h6-8,11-12,28H,5,9-10,13H2,1-4H3,(H,27,29);1-2H3/b8-7-,17-6+,19-14-;. The summed E-state index contributed by atoms with van der Waals surface area (Å²) < 4.78 is 50.0. The number of aromatic hydroxyl groups is 1. The summed E-state index contributed by atoms with van der Waals surface area (Å²) in [7, 11) is 1.52. The van der Waals surface area contributed by atoms with E-state index in [1.165, 1.54) is 32.2 Å². The van der Waals surface area contributed by atoms with E-state index in [2.05, 4.69) is 5.32 Å². The van der Waals surface area contributed by atoms with Gasteiger partial charge in [0.05, 0.1) is 31.0 Å². The lowest BCUT2D eigenvalue weighted by Gasteiger charge is -2.13. The van der Waals surface area contributed by atoms with E-state index in [-0.39, 0.29) is 47.2 Å². The lowest BCUT2D eigenvalue weighted by molar-refractivity contribution is -0.0890. The number of hydrogen-bond acceptors (Lipinski definition) is 4. The Hall–Kier alpha value is -2.29. The molecule has 0 aliphatic rings. The first kappa shape index (κ1) is 30.7. The predicted octanol–water partition coefficient (Wildman–Crippen LogP) is 6.71. The number of phenolic OH excluding ortho intramolecular Hbond substituents is 1. The van der Waals surface area contributed by atoms with Gasteiger partial charge in [-0.25, -0.2) is 0 Å². The molecule has 0 aliphatic heterocycles. The second kappa shape index (κ2) is 15.5. The van der Waals surface area contributed by atoms with Crippen LogP contribution in [0.15, 0.2) is 47.2 Å². The Morgan fingerprint density at radius 3 is 2.36 bits per heavy atom. The maximum absolute atomic E-state index is 13.2. The quantitative estimate of drug-likeness (QED) is 0.282. The number of carbonyl (C=O) groups is 1. The van der Waals surface area contributed by atoms with Crippen LogP contribution in [0.2, 0.25) is 5.02 Å². The fraction of sp³-hybridized carbons (Fsp3) is 0.458. The van der Waals surface area contributed by atoms with Gasteiger partial charge in [-0.2, -0.15) is 13.2 Å². The maximum Gasteiger partial charge on any atom is 0.416 e. The van der Waals surface area contributed by atoms with Crippen LogP contribution in [0.1, 0.15) is 57.0 Å². The van der Waals surface area contributed by atoms with Crippen molar-refractivity contribution in [2.45, 2.75) is 53.8 Å². The molecule has 1 rings (SSSR count). The number of amides is 1. The summed E-state index contributed by atoms with van der Waals surface area (Å²) in [5.74, 6) is -1.04. The molecule has 0 spiro atoms. The highest BCUT2D eigenvalue weighted by Crippen LogP contribution is 2.31. The SMILES string of the molecule is CC.C\C=C(/C=C\C(=C(/C)CC)C(F)(F)F)NC(=O)c1cc(Cl)cc(COCCOC)c1O. The number of rotatable bonds is 10. The Morgan fingerprint density at radius 2 is 1.85 bits per heavy atom. The first-order chi connectivity index (χ1) is 15.5.